The molecule has 0 heterocycles. The number of halogens is 3. The number of anilines is 1. The number of ether oxygens (including phenoxy) is 3. The lowest BCUT2D eigenvalue weighted by Crippen LogP contribution is -2.23. The van der Waals surface area contributed by atoms with E-state index in [2.05, 4.69) is 10.1 Å². The predicted molar refractivity (Wildman–Crippen MR) is 69.0 cm³/mol. The minimum absolute atomic E-state index is 0.302. The molecule has 0 aliphatic heterocycles. The Morgan fingerprint density at radius 1 is 1.29 bits per heavy atom. The van der Waals surface area contributed by atoms with Gasteiger partial charge in [0.2, 0.25) is 0 Å². The normalized spacial score (nSPS) is 11.2. The second-order valence-electron chi connectivity index (χ2n) is 4.06. The van der Waals surface area contributed by atoms with E-state index in [0.717, 1.165) is 5.56 Å². The van der Waals surface area contributed by atoms with E-state index in [9.17, 15) is 18.0 Å². The van der Waals surface area contributed by atoms with Crippen LogP contribution in [0.5, 0.6) is 0 Å². The molecule has 1 aromatic carbocycles. The number of hydrogen-bond acceptors (Lipinski definition) is 4. The number of amides is 1. The van der Waals surface area contributed by atoms with Crippen LogP contribution in [-0.2, 0) is 20.8 Å². The Bertz CT molecular complexity index is 451. The molecule has 1 N–H and O–H groups in total. The zero-order valence-corrected chi connectivity index (χ0v) is 11.4. The molecule has 0 aliphatic carbocycles. The van der Waals surface area contributed by atoms with Gasteiger partial charge in [-0.25, -0.2) is 4.79 Å². The minimum Gasteiger partial charge on any atom is -0.440 e. The molecule has 0 bridgehead atoms. The van der Waals surface area contributed by atoms with Crippen molar-refractivity contribution < 1.29 is 32.2 Å². The monoisotopic (exact) mass is 307 g/mol. The Morgan fingerprint density at radius 2 is 2.05 bits per heavy atom. The fourth-order valence-electron chi connectivity index (χ4n) is 1.37. The third-order valence-electron chi connectivity index (χ3n) is 2.24. The molecule has 0 saturated heterocycles. The van der Waals surface area contributed by atoms with Crippen LogP contribution in [0.1, 0.15) is 5.56 Å². The summed E-state index contributed by atoms with van der Waals surface area (Å²) in [6.07, 6.45) is -5.71. The number of hydrogen-bond donors (Lipinski definition) is 1. The van der Waals surface area contributed by atoms with Gasteiger partial charge in [0.05, 0.1) is 19.8 Å². The number of methoxy groups -OCH3 is 1. The summed E-state index contributed by atoms with van der Waals surface area (Å²) >= 11 is 0. The van der Waals surface area contributed by atoms with Crippen molar-refractivity contribution in [1.82, 2.24) is 0 Å². The standard InChI is InChI=1S/C13H16F3NO4/c1-19-5-6-20-8-10-3-2-4-11(7-10)17-12(18)21-9-13(14,15)16/h2-4,7H,5-6,8-9H2,1H3,(H,17,18). The van der Waals surface area contributed by atoms with E-state index in [0.29, 0.717) is 25.5 Å². The summed E-state index contributed by atoms with van der Waals surface area (Å²) in [4.78, 5) is 11.2. The van der Waals surface area contributed by atoms with E-state index in [1.165, 1.54) is 6.07 Å². The maximum Gasteiger partial charge on any atom is 0.422 e. The van der Waals surface area contributed by atoms with Crippen molar-refractivity contribution in [2.75, 3.05) is 32.2 Å². The van der Waals surface area contributed by atoms with Crippen molar-refractivity contribution in [1.29, 1.82) is 0 Å². The Kier molecular flexibility index (Phi) is 6.97. The summed E-state index contributed by atoms with van der Waals surface area (Å²) < 4.78 is 49.8. The van der Waals surface area contributed by atoms with Crippen LogP contribution in [-0.4, -0.2) is 39.2 Å². The zero-order valence-electron chi connectivity index (χ0n) is 11.4. The number of carbonyl (C=O) groups is 1. The van der Waals surface area contributed by atoms with Gasteiger partial charge in [-0.1, -0.05) is 12.1 Å². The third kappa shape index (κ3) is 8.16. The molecular formula is C13H16F3NO4. The van der Waals surface area contributed by atoms with Gasteiger partial charge in [-0.2, -0.15) is 13.2 Å². The summed E-state index contributed by atoms with van der Waals surface area (Å²) in [6, 6.07) is 6.53. The molecule has 0 radical (unpaired) electrons. The van der Waals surface area contributed by atoms with E-state index in [1.54, 1.807) is 25.3 Å². The highest BCUT2D eigenvalue weighted by Crippen LogP contribution is 2.16. The topological polar surface area (TPSA) is 56.8 Å². The van der Waals surface area contributed by atoms with Gasteiger partial charge in [0, 0.05) is 12.8 Å². The summed E-state index contributed by atoms with van der Waals surface area (Å²) in [5, 5.41) is 2.22. The fraction of sp³-hybridized carbons (Fsp3) is 0.462. The molecular weight excluding hydrogens is 291 g/mol. The van der Waals surface area contributed by atoms with Crippen LogP contribution in [0.15, 0.2) is 24.3 Å². The van der Waals surface area contributed by atoms with Crippen molar-refractivity contribution in [2.45, 2.75) is 12.8 Å². The molecule has 21 heavy (non-hydrogen) atoms. The molecule has 0 spiro atoms. The zero-order chi connectivity index (χ0) is 15.7. The first-order valence-electron chi connectivity index (χ1n) is 6.07. The molecule has 0 aliphatic rings. The molecule has 0 unspecified atom stereocenters. The number of alkyl halides is 3. The molecule has 0 aromatic heterocycles. The first kappa shape index (κ1) is 17.3. The van der Waals surface area contributed by atoms with E-state index in [4.69, 9.17) is 9.47 Å². The quantitative estimate of drug-likeness (QED) is 0.787. The van der Waals surface area contributed by atoms with Crippen molar-refractivity contribution in [3.8, 4) is 0 Å². The molecule has 0 atom stereocenters. The minimum atomic E-state index is -4.55. The average Bonchev–Trinajstić information content (AvgIpc) is 2.41. The van der Waals surface area contributed by atoms with Gasteiger partial charge in [-0.3, -0.25) is 5.32 Å². The van der Waals surface area contributed by atoms with Crippen LogP contribution in [0.2, 0.25) is 0 Å². The highest BCUT2D eigenvalue weighted by molar-refractivity contribution is 5.84. The smallest absolute Gasteiger partial charge is 0.422 e. The molecule has 8 heteroatoms. The highest BCUT2D eigenvalue weighted by atomic mass is 19.4. The summed E-state index contributed by atoms with van der Waals surface area (Å²) in [5.41, 5.74) is 1.09. The number of benzene rings is 1. The van der Waals surface area contributed by atoms with Crippen LogP contribution in [0, 0.1) is 0 Å². The van der Waals surface area contributed by atoms with Crippen molar-refractivity contribution in [3.63, 3.8) is 0 Å². The number of carbonyl (C=O) groups excluding carboxylic acids is 1. The van der Waals surface area contributed by atoms with Crippen LogP contribution < -0.4 is 5.32 Å². The lowest BCUT2D eigenvalue weighted by atomic mass is 10.2. The van der Waals surface area contributed by atoms with Gasteiger partial charge in [0.15, 0.2) is 6.61 Å². The maximum absolute atomic E-state index is 11.9. The molecule has 5 nitrogen and oxygen atoms in total. The van der Waals surface area contributed by atoms with Crippen LogP contribution in [0.3, 0.4) is 0 Å². The van der Waals surface area contributed by atoms with Crippen LogP contribution in [0.25, 0.3) is 0 Å². The highest BCUT2D eigenvalue weighted by Gasteiger charge is 2.29. The third-order valence-corrected chi connectivity index (χ3v) is 2.24. The maximum atomic E-state index is 11.9. The number of rotatable bonds is 7. The van der Waals surface area contributed by atoms with Crippen molar-refractivity contribution >= 4 is 11.8 Å². The number of nitrogens with one attached hydrogen (secondary N) is 1. The van der Waals surface area contributed by atoms with Crippen LogP contribution >= 0.6 is 0 Å². The fourth-order valence-corrected chi connectivity index (χ4v) is 1.37. The van der Waals surface area contributed by atoms with Gasteiger partial charge < -0.3 is 14.2 Å². The van der Waals surface area contributed by atoms with Gasteiger partial charge in [-0.05, 0) is 17.7 Å². The summed E-state index contributed by atoms with van der Waals surface area (Å²) in [5.74, 6) is 0. The Morgan fingerprint density at radius 3 is 2.71 bits per heavy atom. The first-order chi connectivity index (χ1) is 9.90. The Hall–Kier alpha value is -1.80. The van der Waals surface area contributed by atoms with Gasteiger partial charge in [-0.15, -0.1) is 0 Å². The van der Waals surface area contributed by atoms with Gasteiger partial charge in [0.25, 0.3) is 0 Å². The first-order valence-corrected chi connectivity index (χ1v) is 6.07. The molecule has 1 amide bonds. The molecule has 1 aromatic rings. The molecule has 0 fully saturated rings. The average molecular weight is 307 g/mol. The SMILES string of the molecule is COCCOCc1cccc(NC(=O)OCC(F)(F)F)c1. The second kappa shape index (κ2) is 8.48. The van der Waals surface area contributed by atoms with E-state index in [-0.39, 0.29) is 0 Å². The van der Waals surface area contributed by atoms with E-state index < -0.39 is 18.9 Å². The van der Waals surface area contributed by atoms with Gasteiger partial charge >= 0.3 is 12.3 Å². The lowest BCUT2D eigenvalue weighted by molar-refractivity contribution is -0.159. The second-order valence-corrected chi connectivity index (χ2v) is 4.06. The summed E-state index contributed by atoms with van der Waals surface area (Å²) in [6.45, 7) is -0.446. The molecule has 0 saturated carbocycles. The van der Waals surface area contributed by atoms with Gasteiger partial charge in [0.1, 0.15) is 0 Å². The van der Waals surface area contributed by atoms with Crippen molar-refractivity contribution in [3.05, 3.63) is 29.8 Å². The van der Waals surface area contributed by atoms with E-state index in [1.807, 2.05) is 0 Å². The largest absolute Gasteiger partial charge is 0.440 e. The Labute approximate surface area is 120 Å². The van der Waals surface area contributed by atoms with E-state index >= 15 is 0 Å². The van der Waals surface area contributed by atoms with Crippen LogP contribution in [0.4, 0.5) is 23.7 Å². The summed E-state index contributed by atoms with van der Waals surface area (Å²) in [7, 11) is 1.56. The predicted octanol–water partition coefficient (Wildman–Crippen LogP) is 2.96. The van der Waals surface area contributed by atoms with Crippen molar-refractivity contribution in [2.24, 2.45) is 0 Å². The Balaban J connectivity index is 2.43. The molecule has 1 rings (SSSR count). The lowest BCUT2D eigenvalue weighted by Gasteiger charge is -2.10. The molecule has 118 valence electrons.